The number of carbonyl (C=O) groups is 2. The van der Waals surface area contributed by atoms with Crippen molar-refractivity contribution in [2.24, 2.45) is 5.92 Å². The van der Waals surface area contributed by atoms with Crippen LogP contribution in [0.15, 0.2) is 24.3 Å². The molecule has 1 heterocycles. The van der Waals surface area contributed by atoms with E-state index in [0.29, 0.717) is 25.9 Å². The normalized spacial score (nSPS) is 17.2. The number of carbonyl (C=O) groups excluding carboxylic acids is 2. The number of halogens is 3. The number of hydrogen-bond donors (Lipinski definition) is 1. The van der Waals surface area contributed by atoms with Crippen LogP contribution in [0.2, 0.25) is 0 Å². The van der Waals surface area contributed by atoms with Crippen molar-refractivity contribution >= 4 is 11.8 Å². The summed E-state index contributed by atoms with van der Waals surface area (Å²) in [5.74, 6) is -0.406. The molecular formula is C18H23F3N2O2. The molecule has 0 saturated carbocycles. The number of nitrogens with zero attached hydrogens (tertiary/aromatic N) is 1. The van der Waals surface area contributed by atoms with Gasteiger partial charge in [-0.1, -0.05) is 6.92 Å². The van der Waals surface area contributed by atoms with Gasteiger partial charge in [-0.2, -0.15) is 13.2 Å². The van der Waals surface area contributed by atoms with Gasteiger partial charge in [-0.05, 0) is 50.5 Å². The SMILES string of the molecule is CCC(C)NC(=O)C1CCN(C(=O)c2ccc(C(F)(F)F)cc2)CC1. The van der Waals surface area contributed by atoms with Crippen LogP contribution < -0.4 is 5.32 Å². The Morgan fingerprint density at radius 2 is 1.76 bits per heavy atom. The fourth-order valence-corrected chi connectivity index (χ4v) is 2.79. The van der Waals surface area contributed by atoms with Crippen molar-refractivity contribution in [3.63, 3.8) is 0 Å². The van der Waals surface area contributed by atoms with Crippen LogP contribution in [0.1, 0.15) is 49.0 Å². The van der Waals surface area contributed by atoms with Gasteiger partial charge in [-0.25, -0.2) is 0 Å². The molecule has 4 nitrogen and oxygen atoms in total. The van der Waals surface area contributed by atoms with E-state index in [-0.39, 0.29) is 29.3 Å². The minimum Gasteiger partial charge on any atom is -0.353 e. The van der Waals surface area contributed by atoms with Gasteiger partial charge in [0.2, 0.25) is 5.91 Å². The average Bonchev–Trinajstić information content (AvgIpc) is 2.60. The zero-order valence-electron chi connectivity index (χ0n) is 14.4. The molecule has 1 fully saturated rings. The lowest BCUT2D eigenvalue weighted by Crippen LogP contribution is -2.44. The summed E-state index contributed by atoms with van der Waals surface area (Å²) in [6, 6.07) is 4.36. The molecule has 1 aromatic rings. The van der Waals surface area contributed by atoms with Gasteiger partial charge in [0, 0.05) is 30.6 Å². The van der Waals surface area contributed by atoms with E-state index in [1.165, 1.54) is 12.1 Å². The first-order valence-corrected chi connectivity index (χ1v) is 8.49. The van der Waals surface area contributed by atoms with Crippen molar-refractivity contribution in [3.05, 3.63) is 35.4 Å². The summed E-state index contributed by atoms with van der Waals surface area (Å²) in [7, 11) is 0. The van der Waals surface area contributed by atoms with Gasteiger partial charge >= 0.3 is 6.18 Å². The van der Waals surface area contributed by atoms with Gasteiger partial charge in [0.1, 0.15) is 0 Å². The Kier molecular flexibility index (Phi) is 6.08. The molecule has 1 atom stereocenters. The third kappa shape index (κ3) is 4.96. The molecule has 1 aliphatic rings. The molecular weight excluding hydrogens is 333 g/mol. The first-order chi connectivity index (χ1) is 11.7. The highest BCUT2D eigenvalue weighted by Crippen LogP contribution is 2.29. The highest BCUT2D eigenvalue weighted by Gasteiger charge is 2.31. The molecule has 2 amide bonds. The number of rotatable bonds is 4. The molecule has 25 heavy (non-hydrogen) atoms. The van der Waals surface area contributed by atoms with E-state index in [1.54, 1.807) is 4.90 Å². The smallest absolute Gasteiger partial charge is 0.353 e. The Labute approximate surface area is 145 Å². The lowest BCUT2D eigenvalue weighted by molar-refractivity contribution is -0.137. The van der Waals surface area contributed by atoms with Crippen LogP contribution in [-0.4, -0.2) is 35.8 Å². The van der Waals surface area contributed by atoms with Gasteiger partial charge in [0.15, 0.2) is 0 Å². The zero-order valence-corrected chi connectivity index (χ0v) is 14.4. The van der Waals surface area contributed by atoms with Crippen LogP contribution in [0.5, 0.6) is 0 Å². The highest BCUT2D eigenvalue weighted by molar-refractivity contribution is 5.94. The molecule has 1 unspecified atom stereocenters. The van der Waals surface area contributed by atoms with Crippen LogP contribution >= 0.6 is 0 Å². The van der Waals surface area contributed by atoms with Crippen molar-refractivity contribution in [1.29, 1.82) is 0 Å². The molecule has 0 spiro atoms. The van der Waals surface area contributed by atoms with Crippen LogP contribution in [0.3, 0.4) is 0 Å². The Morgan fingerprint density at radius 1 is 1.20 bits per heavy atom. The number of nitrogens with one attached hydrogen (secondary N) is 1. The molecule has 1 saturated heterocycles. The summed E-state index contributed by atoms with van der Waals surface area (Å²) >= 11 is 0. The zero-order chi connectivity index (χ0) is 18.6. The van der Waals surface area contributed by atoms with E-state index >= 15 is 0 Å². The third-order valence-corrected chi connectivity index (χ3v) is 4.61. The van der Waals surface area contributed by atoms with Gasteiger partial charge in [0.05, 0.1) is 5.56 Å². The second kappa shape index (κ2) is 7.89. The van der Waals surface area contributed by atoms with Crippen molar-refractivity contribution in [2.45, 2.75) is 45.3 Å². The topological polar surface area (TPSA) is 49.4 Å². The highest BCUT2D eigenvalue weighted by atomic mass is 19.4. The molecule has 7 heteroatoms. The molecule has 0 aromatic heterocycles. The van der Waals surface area contributed by atoms with E-state index in [4.69, 9.17) is 0 Å². The minimum absolute atomic E-state index is 0.0102. The number of amides is 2. The summed E-state index contributed by atoms with van der Waals surface area (Å²) in [6.07, 6.45) is -2.43. The first-order valence-electron chi connectivity index (χ1n) is 8.49. The molecule has 1 N–H and O–H groups in total. The first kappa shape index (κ1) is 19.3. The maximum atomic E-state index is 12.6. The predicted molar refractivity (Wildman–Crippen MR) is 88.0 cm³/mol. The van der Waals surface area contributed by atoms with Crippen molar-refractivity contribution in [3.8, 4) is 0 Å². The Bertz CT molecular complexity index is 606. The van der Waals surface area contributed by atoms with E-state index in [1.807, 2.05) is 13.8 Å². The fraction of sp³-hybridized carbons (Fsp3) is 0.556. The van der Waals surface area contributed by atoms with Crippen LogP contribution in [0.25, 0.3) is 0 Å². The number of benzene rings is 1. The minimum atomic E-state index is -4.41. The van der Waals surface area contributed by atoms with E-state index in [2.05, 4.69) is 5.32 Å². The second-order valence-corrected chi connectivity index (χ2v) is 6.46. The molecule has 2 rings (SSSR count). The van der Waals surface area contributed by atoms with Crippen LogP contribution in [0, 0.1) is 5.92 Å². The third-order valence-electron chi connectivity index (χ3n) is 4.61. The largest absolute Gasteiger partial charge is 0.416 e. The Morgan fingerprint density at radius 3 is 2.24 bits per heavy atom. The Balaban J connectivity index is 1.92. The molecule has 1 aliphatic heterocycles. The van der Waals surface area contributed by atoms with Crippen LogP contribution in [0.4, 0.5) is 13.2 Å². The maximum Gasteiger partial charge on any atom is 0.416 e. The summed E-state index contributed by atoms with van der Waals surface area (Å²) < 4.78 is 37.7. The van der Waals surface area contributed by atoms with Gasteiger partial charge in [0.25, 0.3) is 5.91 Å². The van der Waals surface area contributed by atoms with Crippen molar-refractivity contribution in [1.82, 2.24) is 10.2 Å². The van der Waals surface area contributed by atoms with Gasteiger partial charge in [-0.15, -0.1) is 0 Å². The van der Waals surface area contributed by atoms with Crippen LogP contribution in [-0.2, 0) is 11.0 Å². The molecule has 1 aromatic carbocycles. The lowest BCUT2D eigenvalue weighted by Gasteiger charge is -2.32. The van der Waals surface area contributed by atoms with E-state index < -0.39 is 11.7 Å². The molecule has 0 bridgehead atoms. The number of hydrogen-bond acceptors (Lipinski definition) is 2. The Hall–Kier alpha value is -2.05. The molecule has 138 valence electrons. The molecule has 0 radical (unpaired) electrons. The van der Waals surface area contributed by atoms with E-state index in [9.17, 15) is 22.8 Å². The van der Waals surface area contributed by atoms with Gasteiger partial charge < -0.3 is 10.2 Å². The summed E-state index contributed by atoms with van der Waals surface area (Å²) in [5, 5.41) is 2.95. The second-order valence-electron chi connectivity index (χ2n) is 6.46. The fourth-order valence-electron chi connectivity index (χ4n) is 2.79. The monoisotopic (exact) mass is 356 g/mol. The van der Waals surface area contributed by atoms with Crippen molar-refractivity contribution in [2.75, 3.05) is 13.1 Å². The maximum absolute atomic E-state index is 12.6. The quantitative estimate of drug-likeness (QED) is 0.898. The predicted octanol–water partition coefficient (Wildman–Crippen LogP) is 3.47. The summed E-state index contributed by atoms with van der Waals surface area (Å²) in [6.45, 7) is 4.80. The van der Waals surface area contributed by atoms with E-state index in [0.717, 1.165) is 18.6 Å². The number of likely N-dealkylation sites (tertiary alicyclic amines) is 1. The average molecular weight is 356 g/mol. The summed E-state index contributed by atoms with van der Waals surface area (Å²) in [4.78, 5) is 26.1. The standard InChI is InChI=1S/C18H23F3N2O2/c1-3-12(2)22-16(24)13-8-10-23(11-9-13)17(25)14-4-6-15(7-5-14)18(19,20)21/h4-7,12-13H,3,8-11H2,1-2H3,(H,22,24). The molecule has 0 aliphatic carbocycles. The summed E-state index contributed by atoms with van der Waals surface area (Å²) in [5.41, 5.74) is -0.542. The van der Waals surface area contributed by atoms with Gasteiger partial charge in [-0.3, -0.25) is 9.59 Å². The lowest BCUT2D eigenvalue weighted by atomic mass is 9.95. The van der Waals surface area contributed by atoms with Crippen molar-refractivity contribution < 1.29 is 22.8 Å². The number of piperidine rings is 1. The number of alkyl halides is 3.